The van der Waals surface area contributed by atoms with Crippen molar-refractivity contribution in [1.29, 1.82) is 0 Å². The van der Waals surface area contributed by atoms with Crippen molar-refractivity contribution >= 4 is 17.5 Å². The molecule has 0 aliphatic carbocycles. The molecule has 0 saturated carbocycles. The molecule has 1 aromatic heterocycles. The lowest BCUT2D eigenvalue weighted by Gasteiger charge is -2.03. The second-order valence-electron chi connectivity index (χ2n) is 1.88. The number of anilines is 3. The van der Waals surface area contributed by atoms with Crippen LogP contribution in [-0.2, 0) is 0 Å². The standard InChI is InChI=1S/C4H7N5O2/c5-1-3(7)9(11)4(10)2(6)8-1/h11H,5,7H2,(H2,6,8). The van der Waals surface area contributed by atoms with E-state index < -0.39 is 5.56 Å². The van der Waals surface area contributed by atoms with Crippen LogP contribution in [0.5, 0.6) is 0 Å². The van der Waals surface area contributed by atoms with Crippen LogP contribution >= 0.6 is 0 Å². The van der Waals surface area contributed by atoms with Gasteiger partial charge in [-0.25, -0.2) is 4.98 Å². The van der Waals surface area contributed by atoms with E-state index in [1.54, 1.807) is 0 Å². The molecule has 0 saturated heterocycles. The first-order valence-corrected chi connectivity index (χ1v) is 2.66. The van der Waals surface area contributed by atoms with E-state index in [1.165, 1.54) is 0 Å². The lowest BCUT2D eigenvalue weighted by atomic mass is 10.6. The summed E-state index contributed by atoms with van der Waals surface area (Å²) in [5.74, 6) is -0.881. The van der Waals surface area contributed by atoms with Crippen LogP contribution < -0.4 is 22.8 Å². The summed E-state index contributed by atoms with van der Waals surface area (Å²) in [6, 6.07) is 0. The Morgan fingerprint density at radius 1 is 1.27 bits per heavy atom. The molecular weight excluding hydrogens is 150 g/mol. The minimum Gasteiger partial charge on any atom is -0.423 e. The largest absolute Gasteiger partial charge is 0.423 e. The number of hydrogen-bond acceptors (Lipinski definition) is 6. The first kappa shape index (κ1) is 7.19. The van der Waals surface area contributed by atoms with Gasteiger partial charge in [0, 0.05) is 0 Å². The van der Waals surface area contributed by atoms with Crippen molar-refractivity contribution in [2.45, 2.75) is 0 Å². The summed E-state index contributed by atoms with van der Waals surface area (Å²) in [6.07, 6.45) is 0. The van der Waals surface area contributed by atoms with Gasteiger partial charge < -0.3 is 22.4 Å². The highest BCUT2D eigenvalue weighted by atomic mass is 16.5. The molecule has 0 atom stereocenters. The second-order valence-corrected chi connectivity index (χ2v) is 1.88. The number of aromatic nitrogens is 2. The Hall–Kier alpha value is -1.92. The van der Waals surface area contributed by atoms with Crippen molar-refractivity contribution < 1.29 is 5.21 Å². The molecule has 0 aromatic carbocycles. The number of rotatable bonds is 0. The molecule has 0 spiro atoms. The van der Waals surface area contributed by atoms with Crippen molar-refractivity contribution in [3.05, 3.63) is 10.4 Å². The lowest BCUT2D eigenvalue weighted by Crippen LogP contribution is -2.26. The summed E-state index contributed by atoms with van der Waals surface area (Å²) < 4.78 is 0.150. The van der Waals surface area contributed by atoms with Crippen molar-refractivity contribution in [1.82, 2.24) is 9.71 Å². The van der Waals surface area contributed by atoms with Crippen LogP contribution in [0.4, 0.5) is 17.5 Å². The molecule has 7 nitrogen and oxygen atoms in total. The van der Waals surface area contributed by atoms with Gasteiger partial charge in [-0.15, -0.1) is 4.73 Å². The van der Waals surface area contributed by atoms with Gasteiger partial charge >= 0.3 is 5.56 Å². The first-order valence-electron chi connectivity index (χ1n) is 2.66. The Labute approximate surface area is 61.0 Å². The van der Waals surface area contributed by atoms with Gasteiger partial charge in [-0.1, -0.05) is 0 Å². The number of nitrogen functional groups attached to an aromatic ring is 3. The fourth-order valence-corrected chi connectivity index (χ4v) is 0.561. The Kier molecular flexibility index (Phi) is 1.34. The van der Waals surface area contributed by atoms with Gasteiger partial charge in [0.05, 0.1) is 0 Å². The molecule has 0 aliphatic rings. The average Bonchev–Trinajstić information content (AvgIpc) is 1.97. The quantitative estimate of drug-likeness (QED) is 0.329. The molecule has 0 amide bonds. The first-order chi connectivity index (χ1) is 5.04. The van der Waals surface area contributed by atoms with Crippen LogP contribution in [0.25, 0.3) is 0 Å². The topological polar surface area (TPSA) is 133 Å². The maximum absolute atomic E-state index is 10.7. The zero-order valence-corrected chi connectivity index (χ0v) is 5.48. The van der Waals surface area contributed by atoms with Crippen molar-refractivity contribution in [2.75, 3.05) is 17.2 Å². The zero-order valence-electron chi connectivity index (χ0n) is 5.48. The van der Waals surface area contributed by atoms with Gasteiger partial charge in [-0.3, -0.25) is 4.79 Å². The van der Waals surface area contributed by atoms with Crippen LogP contribution in [0.2, 0.25) is 0 Å². The normalized spacial score (nSPS) is 9.82. The van der Waals surface area contributed by atoms with E-state index in [0.717, 1.165) is 0 Å². The Morgan fingerprint density at radius 2 is 1.82 bits per heavy atom. The molecule has 7 heteroatoms. The predicted octanol–water partition coefficient (Wildman–Crippen LogP) is -1.77. The second kappa shape index (κ2) is 2.04. The Balaban J connectivity index is 3.59. The number of nitrogens with two attached hydrogens (primary N) is 3. The minimum atomic E-state index is -0.878. The van der Waals surface area contributed by atoms with E-state index >= 15 is 0 Å². The average molecular weight is 157 g/mol. The maximum Gasteiger partial charge on any atom is 0.327 e. The third kappa shape index (κ3) is 0.914. The van der Waals surface area contributed by atoms with Gasteiger partial charge in [0.15, 0.2) is 17.5 Å². The van der Waals surface area contributed by atoms with Crippen LogP contribution in [0, 0.1) is 0 Å². The summed E-state index contributed by atoms with van der Waals surface area (Å²) in [5, 5.41) is 8.85. The third-order valence-electron chi connectivity index (χ3n) is 1.14. The van der Waals surface area contributed by atoms with E-state index in [-0.39, 0.29) is 22.2 Å². The monoisotopic (exact) mass is 157 g/mol. The zero-order chi connectivity index (χ0) is 8.59. The molecule has 0 aliphatic heterocycles. The molecule has 0 fully saturated rings. The molecule has 11 heavy (non-hydrogen) atoms. The summed E-state index contributed by atoms with van der Waals surface area (Å²) in [6.45, 7) is 0. The summed E-state index contributed by atoms with van der Waals surface area (Å²) in [5.41, 5.74) is 14.4. The van der Waals surface area contributed by atoms with E-state index in [9.17, 15) is 4.79 Å². The molecule has 1 heterocycles. The van der Waals surface area contributed by atoms with Gasteiger partial charge in [-0.05, 0) is 0 Å². The molecule has 0 radical (unpaired) electrons. The van der Waals surface area contributed by atoms with Crippen LogP contribution in [-0.4, -0.2) is 14.9 Å². The van der Waals surface area contributed by atoms with Crippen molar-refractivity contribution in [2.24, 2.45) is 0 Å². The molecule has 7 N–H and O–H groups in total. The van der Waals surface area contributed by atoms with Crippen molar-refractivity contribution in [3.63, 3.8) is 0 Å². The highest BCUT2D eigenvalue weighted by Gasteiger charge is 2.07. The van der Waals surface area contributed by atoms with E-state index in [4.69, 9.17) is 22.4 Å². The number of hydrogen-bond donors (Lipinski definition) is 4. The molecule has 1 aromatic rings. The fourth-order valence-electron chi connectivity index (χ4n) is 0.561. The highest BCUT2D eigenvalue weighted by molar-refractivity contribution is 5.55. The molecule has 0 unspecified atom stereocenters. The summed E-state index contributed by atoms with van der Waals surface area (Å²) >= 11 is 0. The van der Waals surface area contributed by atoms with Crippen molar-refractivity contribution in [3.8, 4) is 0 Å². The molecular formula is C4H7N5O2. The van der Waals surface area contributed by atoms with E-state index in [2.05, 4.69) is 4.98 Å². The van der Waals surface area contributed by atoms with E-state index in [1.807, 2.05) is 0 Å². The Bertz CT molecular complexity index is 343. The van der Waals surface area contributed by atoms with Gasteiger partial charge in [0.2, 0.25) is 0 Å². The lowest BCUT2D eigenvalue weighted by molar-refractivity contribution is 0.182. The highest BCUT2D eigenvalue weighted by Crippen LogP contribution is 2.06. The van der Waals surface area contributed by atoms with Crippen LogP contribution in [0.1, 0.15) is 0 Å². The third-order valence-corrected chi connectivity index (χ3v) is 1.14. The van der Waals surface area contributed by atoms with Gasteiger partial charge in [0.25, 0.3) is 0 Å². The number of nitrogens with zero attached hydrogens (tertiary/aromatic N) is 2. The van der Waals surface area contributed by atoms with Gasteiger partial charge in [-0.2, -0.15) is 0 Å². The summed E-state index contributed by atoms with van der Waals surface area (Å²) in [4.78, 5) is 14.1. The maximum atomic E-state index is 10.7. The minimum absolute atomic E-state index is 0.150. The van der Waals surface area contributed by atoms with Gasteiger partial charge in [0.1, 0.15) is 0 Å². The fraction of sp³-hybridized carbons (Fsp3) is 0. The molecule has 60 valence electrons. The van der Waals surface area contributed by atoms with E-state index in [0.29, 0.717) is 0 Å². The van der Waals surface area contributed by atoms with Crippen LogP contribution in [0.15, 0.2) is 4.79 Å². The van der Waals surface area contributed by atoms with Crippen LogP contribution in [0.3, 0.4) is 0 Å². The molecule has 0 bridgehead atoms. The SMILES string of the molecule is Nc1nc(N)c(=O)n(O)c1N. The Morgan fingerprint density at radius 3 is 2.36 bits per heavy atom. The molecule has 1 rings (SSSR count). The predicted molar refractivity (Wildman–Crippen MR) is 38.9 cm³/mol. The summed E-state index contributed by atoms with van der Waals surface area (Å²) in [7, 11) is 0. The smallest absolute Gasteiger partial charge is 0.327 e.